The number of furan rings is 1. The molecule has 4 rings (SSSR count). The van der Waals surface area contributed by atoms with Crippen molar-refractivity contribution in [3.8, 4) is 0 Å². The van der Waals surface area contributed by atoms with Crippen LogP contribution in [0, 0.1) is 5.92 Å². The van der Waals surface area contributed by atoms with Crippen molar-refractivity contribution in [3.63, 3.8) is 0 Å². The first-order chi connectivity index (χ1) is 11.7. The zero-order valence-corrected chi connectivity index (χ0v) is 14.5. The molecular formula is C19H28N2O3. The summed E-state index contributed by atoms with van der Waals surface area (Å²) in [5, 5.41) is 0. The number of ether oxygens (including phenoxy) is 1. The lowest BCUT2D eigenvalue weighted by Gasteiger charge is -2.38. The lowest BCUT2D eigenvalue weighted by molar-refractivity contribution is -0.156. The Morgan fingerprint density at radius 3 is 2.75 bits per heavy atom. The van der Waals surface area contributed by atoms with E-state index in [-0.39, 0.29) is 18.1 Å². The second-order valence-corrected chi connectivity index (χ2v) is 7.65. The molecule has 3 saturated heterocycles. The van der Waals surface area contributed by atoms with E-state index in [1.54, 1.807) is 6.26 Å². The maximum atomic E-state index is 12.8. The Labute approximate surface area is 143 Å². The van der Waals surface area contributed by atoms with E-state index in [9.17, 15) is 4.79 Å². The minimum atomic E-state index is -0.219. The SMILES string of the molecule is CC1CCN(C(=O)[C@@H]2CC[C@H]3[C@H](CCN3Cc3ccco3)O2)CC1. The van der Waals surface area contributed by atoms with Crippen LogP contribution in [0.3, 0.4) is 0 Å². The van der Waals surface area contributed by atoms with Gasteiger partial charge in [0.25, 0.3) is 5.91 Å². The van der Waals surface area contributed by atoms with Gasteiger partial charge in [-0.3, -0.25) is 9.69 Å². The number of likely N-dealkylation sites (tertiary alicyclic amines) is 2. The van der Waals surface area contributed by atoms with E-state index >= 15 is 0 Å². The van der Waals surface area contributed by atoms with Crippen molar-refractivity contribution in [2.45, 2.75) is 63.8 Å². The largest absolute Gasteiger partial charge is 0.468 e. The second-order valence-electron chi connectivity index (χ2n) is 7.65. The maximum Gasteiger partial charge on any atom is 0.251 e. The number of nitrogens with zero attached hydrogens (tertiary/aromatic N) is 2. The number of piperidine rings is 1. The fourth-order valence-electron chi connectivity index (χ4n) is 4.43. The number of carbonyl (C=O) groups excluding carboxylic acids is 1. The third-order valence-corrected chi connectivity index (χ3v) is 5.97. The number of hydrogen-bond acceptors (Lipinski definition) is 4. The first-order valence-electron chi connectivity index (χ1n) is 9.41. The Morgan fingerprint density at radius 2 is 2.00 bits per heavy atom. The molecule has 0 bridgehead atoms. The van der Waals surface area contributed by atoms with Crippen LogP contribution in [0.4, 0.5) is 0 Å². The van der Waals surface area contributed by atoms with E-state index in [1.807, 2.05) is 17.0 Å². The van der Waals surface area contributed by atoms with E-state index in [0.717, 1.165) is 70.0 Å². The molecule has 3 atom stereocenters. The van der Waals surface area contributed by atoms with Gasteiger partial charge >= 0.3 is 0 Å². The van der Waals surface area contributed by atoms with Crippen molar-refractivity contribution >= 4 is 5.91 Å². The first-order valence-corrected chi connectivity index (χ1v) is 9.41. The molecule has 0 unspecified atom stereocenters. The molecule has 1 aromatic rings. The molecule has 0 N–H and O–H groups in total. The van der Waals surface area contributed by atoms with Crippen LogP contribution in [0.2, 0.25) is 0 Å². The van der Waals surface area contributed by atoms with Gasteiger partial charge in [-0.25, -0.2) is 0 Å². The van der Waals surface area contributed by atoms with E-state index in [0.29, 0.717) is 6.04 Å². The summed E-state index contributed by atoms with van der Waals surface area (Å²) in [5.41, 5.74) is 0. The minimum Gasteiger partial charge on any atom is -0.468 e. The third kappa shape index (κ3) is 3.24. The average molecular weight is 332 g/mol. The summed E-state index contributed by atoms with van der Waals surface area (Å²) in [6, 6.07) is 4.40. The van der Waals surface area contributed by atoms with Crippen LogP contribution in [0.25, 0.3) is 0 Å². The summed E-state index contributed by atoms with van der Waals surface area (Å²) in [4.78, 5) is 17.2. The molecule has 4 heterocycles. The van der Waals surface area contributed by atoms with Gasteiger partial charge in [-0.05, 0) is 50.2 Å². The summed E-state index contributed by atoms with van der Waals surface area (Å²) < 4.78 is 11.7. The molecule has 3 aliphatic heterocycles. The summed E-state index contributed by atoms with van der Waals surface area (Å²) in [6.45, 7) is 5.95. The van der Waals surface area contributed by atoms with Gasteiger partial charge < -0.3 is 14.1 Å². The monoisotopic (exact) mass is 332 g/mol. The van der Waals surface area contributed by atoms with Crippen LogP contribution in [-0.4, -0.2) is 53.6 Å². The minimum absolute atomic E-state index is 0.200. The Hall–Kier alpha value is -1.33. The van der Waals surface area contributed by atoms with Crippen LogP contribution in [0.5, 0.6) is 0 Å². The molecule has 0 spiro atoms. The van der Waals surface area contributed by atoms with Crippen molar-refractivity contribution in [1.82, 2.24) is 9.80 Å². The molecule has 5 heteroatoms. The molecule has 24 heavy (non-hydrogen) atoms. The van der Waals surface area contributed by atoms with Crippen LogP contribution in [0.1, 0.15) is 44.8 Å². The van der Waals surface area contributed by atoms with Crippen LogP contribution >= 0.6 is 0 Å². The Balaban J connectivity index is 1.33. The Morgan fingerprint density at radius 1 is 1.17 bits per heavy atom. The fourth-order valence-corrected chi connectivity index (χ4v) is 4.43. The van der Waals surface area contributed by atoms with Gasteiger partial charge in [0.05, 0.1) is 18.9 Å². The van der Waals surface area contributed by atoms with Crippen molar-refractivity contribution in [3.05, 3.63) is 24.2 Å². The van der Waals surface area contributed by atoms with E-state index in [2.05, 4.69) is 11.8 Å². The molecule has 3 aliphatic rings. The number of rotatable bonds is 3. The summed E-state index contributed by atoms with van der Waals surface area (Å²) in [7, 11) is 0. The van der Waals surface area contributed by atoms with Gasteiger partial charge in [0, 0.05) is 25.7 Å². The Kier molecular flexibility index (Phi) is 4.63. The lowest BCUT2D eigenvalue weighted by Crippen LogP contribution is -2.50. The first kappa shape index (κ1) is 16.2. The number of hydrogen-bond donors (Lipinski definition) is 0. The van der Waals surface area contributed by atoms with Crippen molar-refractivity contribution < 1.29 is 13.9 Å². The highest BCUT2D eigenvalue weighted by molar-refractivity contribution is 5.81. The third-order valence-electron chi connectivity index (χ3n) is 5.97. The van der Waals surface area contributed by atoms with Gasteiger partial charge in [0.1, 0.15) is 11.9 Å². The highest BCUT2D eigenvalue weighted by atomic mass is 16.5. The van der Waals surface area contributed by atoms with Crippen LogP contribution in [-0.2, 0) is 16.1 Å². The number of amides is 1. The standard InChI is InChI=1S/C19H28N2O3/c1-14-6-9-20(10-7-14)19(22)18-5-4-16-17(24-18)8-11-21(16)13-15-3-2-12-23-15/h2-3,12,14,16-18H,4-11,13H2,1H3/t16-,17-,18-/m0/s1. The molecule has 0 radical (unpaired) electrons. The second kappa shape index (κ2) is 6.89. The summed E-state index contributed by atoms with van der Waals surface area (Å²) >= 11 is 0. The summed E-state index contributed by atoms with van der Waals surface area (Å²) in [5.74, 6) is 1.98. The van der Waals surface area contributed by atoms with Gasteiger partial charge in [-0.2, -0.15) is 0 Å². The van der Waals surface area contributed by atoms with Gasteiger partial charge in [0.15, 0.2) is 0 Å². The molecule has 132 valence electrons. The molecule has 0 aromatic carbocycles. The smallest absolute Gasteiger partial charge is 0.251 e. The Bertz CT molecular complexity index is 551. The maximum absolute atomic E-state index is 12.8. The predicted molar refractivity (Wildman–Crippen MR) is 90.4 cm³/mol. The lowest BCUT2D eigenvalue weighted by atomic mass is 9.96. The van der Waals surface area contributed by atoms with Crippen LogP contribution < -0.4 is 0 Å². The zero-order chi connectivity index (χ0) is 16.5. The van der Waals surface area contributed by atoms with Gasteiger partial charge in [-0.1, -0.05) is 6.92 Å². The predicted octanol–water partition coefficient (Wildman–Crippen LogP) is 2.66. The van der Waals surface area contributed by atoms with Gasteiger partial charge in [-0.15, -0.1) is 0 Å². The van der Waals surface area contributed by atoms with Crippen molar-refractivity contribution in [2.24, 2.45) is 5.92 Å². The number of carbonyl (C=O) groups is 1. The molecular weight excluding hydrogens is 304 g/mol. The molecule has 0 saturated carbocycles. The van der Waals surface area contributed by atoms with Gasteiger partial charge in [0.2, 0.25) is 0 Å². The molecule has 1 amide bonds. The fraction of sp³-hybridized carbons (Fsp3) is 0.737. The summed E-state index contributed by atoms with van der Waals surface area (Å²) in [6.07, 6.45) is 6.88. The average Bonchev–Trinajstić information content (AvgIpc) is 3.25. The van der Waals surface area contributed by atoms with E-state index in [4.69, 9.17) is 9.15 Å². The number of fused-ring (bicyclic) bond motifs is 1. The van der Waals surface area contributed by atoms with E-state index in [1.165, 1.54) is 0 Å². The quantitative estimate of drug-likeness (QED) is 0.854. The molecule has 5 nitrogen and oxygen atoms in total. The highest BCUT2D eigenvalue weighted by Gasteiger charge is 2.42. The van der Waals surface area contributed by atoms with E-state index < -0.39 is 0 Å². The molecule has 1 aromatic heterocycles. The highest BCUT2D eigenvalue weighted by Crippen LogP contribution is 2.33. The van der Waals surface area contributed by atoms with Crippen molar-refractivity contribution in [1.29, 1.82) is 0 Å². The zero-order valence-electron chi connectivity index (χ0n) is 14.5. The normalized spacial score (nSPS) is 32.0. The molecule has 0 aliphatic carbocycles. The van der Waals surface area contributed by atoms with Crippen molar-refractivity contribution in [2.75, 3.05) is 19.6 Å². The topological polar surface area (TPSA) is 45.9 Å². The molecule has 3 fully saturated rings. The van der Waals surface area contributed by atoms with Crippen LogP contribution in [0.15, 0.2) is 22.8 Å².